The van der Waals surface area contributed by atoms with Crippen molar-refractivity contribution in [3.63, 3.8) is 0 Å². The highest BCUT2D eigenvalue weighted by Crippen LogP contribution is 2.45. The maximum Gasteiger partial charge on any atom is 0.330 e. The molecule has 8 rings (SSSR count). The first kappa shape index (κ1) is 69.3. The highest BCUT2D eigenvalue weighted by Gasteiger charge is 2.59. The number of carboxylic acid groups (broad SMARTS) is 1. The lowest BCUT2D eigenvalue weighted by atomic mass is 9.72. The van der Waals surface area contributed by atoms with Crippen LogP contribution in [0.1, 0.15) is 77.0 Å². The van der Waals surface area contributed by atoms with Crippen molar-refractivity contribution in [3.8, 4) is 0 Å². The first-order valence-electron chi connectivity index (χ1n) is 29.6. The van der Waals surface area contributed by atoms with Crippen molar-refractivity contribution in [1.29, 1.82) is 0 Å². The monoisotopic (exact) mass is 1260 g/mol. The molecule has 8 fully saturated rings. The van der Waals surface area contributed by atoms with Crippen LogP contribution in [0.3, 0.4) is 0 Å². The molecule has 4 saturated carbocycles. The molecule has 0 aromatic heterocycles. The number of fused-ring (bicyclic) bond motifs is 1. The Morgan fingerprint density at radius 1 is 0.471 bits per heavy atom. The van der Waals surface area contributed by atoms with Gasteiger partial charge in [0.1, 0.15) is 112 Å². The fraction of sp³-hybridized carbons (Fsp3) is 0.857. The maximum absolute atomic E-state index is 13.2. The molecule has 0 aromatic carbocycles. The number of aliphatic hydroxyl groups is 16. The van der Waals surface area contributed by atoms with E-state index in [-0.39, 0.29) is 43.9 Å². The number of rotatable bonds is 21. The molecule has 496 valence electrons. The summed E-state index contributed by atoms with van der Waals surface area (Å²) in [6.07, 6.45) is -34.2. The molecule has 87 heavy (non-hydrogen) atoms. The summed E-state index contributed by atoms with van der Waals surface area (Å²) >= 11 is 0. The van der Waals surface area contributed by atoms with Crippen molar-refractivity contribution >= 4 is 23.9 Å². The molecule has 4 aliphatic carbocycles. The first-order chi connectivity index (χ1) is 41.3. The summed E-state index contributed by atoms with van der Waals surface area (Å²) < 4.78 is 68.9. The zero-order chi connectivity index (χ0) is 63.1. The Labute approximate surface area is 499 Å². The predicted molar refractivity (Wildman–Crippen MR) is 284 cm³/mol. The van der Waals surface area contributed by atoms with Gasteiger partial charge in [-0.3, -0.25) is 9.59 Å². The summed E-state index contributed by atoms with van der Waals surface area (Å²) in [6.45, 7) is -2.23. The lowest BCUT2D eigenvalue weighted by Gasteiger charge is -2.51. The van der Waals surface area contributed by atoms with Crippen molar-refractivity contribution in [1.82, 2.24) is 0 Å². The molecular weight excluding hydrogens is 1170 g/mol. The Balaban J connectivity index is 1.05. The highest BCUT2D eigenvalue weighted by atomic mass is 16.8. The average Bonchev–Trinajstić information content (AvgIpc) is 1.40. The third kappa shape index (κ3) is 17.3. The molecular formula is C56H87O31+. The molecule has 14 unspecified atom stereocenters. The van der Waals surface area contributed by atoms with Crippen LogP contribution in [0.25, 0.3) is 0 Å². The second-order valence-electron chi connectivity index (χ2n) is 24.2. The number of carboxylic acids is 1. The lowest BCUT2D eigenvalue weighted by molar-refractivity contribution is -0.390. The number of methoxy groups -OCH3 is 2. The molecule has 4 saturated heterocycles. The van der Waals surface area contributed by atoms with Gasteiger partial charge in [0.05, 0.1) is 54.7 Å². The molecule has 8 aliphatic rings. The highest BCUT2D eigenvalue weighted by molar-refractivity contribution is 5.90. The van der Waals surface area contributed by atoms with Gasteiger partial charge < -0.3 is 133 Å². The van der Waals surface area contributed by atoms with Crippen LogP contribution in [0.4, 0.5) is 0 Å². The van der Waals surface area contributed by atoms with E-state index in [4.69, 9.17) is 61.9 Å². The van der Waals surface area contributed by atoms with Gasteiger partial charge >= 0.3 is 23.9 Å². The topological polar surface area (TPSA) is 486 Å². The number of hydrogen-bond donors (Lipinski definition) is 15. The van der Waals surface area contributed by atoms with Gasteiger partial charge in [-0.05, 0) is 69.6 Å². The van der Waals surface area contributed by atoms with Crippen LogP contribution in [0, 0.1) is 23.7 Å². The third-order valence-corrected chi connectivity index (χ3v) is 18.2. The standard InChI is InChI=1S/C56H86O31/c1-76-33-11-22(3-7-27(33)58)5-9-40(64)78-19-36-44(68)48(72)51(75)55(85-36)87-53-49(73)46(70)38(20-79-41(65)10-6-23-4-8-28(59)34(12-23)77-2)86-56(53)83-35-17-26-31(81-52(35)24-13-29(60)43(67)30(61)14-24)15-25(57)16-32(26)82-54-50(74)47(71)45(69)37(84-54)21-80-42(66)18-39(62)63/h5-6,9-10,22-38,43-61,67-75H,3-4,7-8,11-21H2,1-2H3,(H,62,63)/p+1/t22?,23?,24?,25?,26?,27?,28?,29?,30?,31?,32?,33?,34?,35?,36-,37-,38-,43?,44-,45-,46-,47+,48+,49+,50-,51-,52?,53-,54-,55+,56-/m1/s1. The summed E-state index contributed by atoms with van der Waals surface area (Å²) in [4.78, 5) is 49.4. The fourth-order valence-electron chi connectivity index (χ4n) is 13.2. The number of allylic oxidation sites excluding steroid dienone is 2. The summed E-state index contributed by atoms with van der Waals surface area (Å²) in [5.41, 5.74) is 0. The van der Waals surface area contributed by atoms with Crippen LogP contribution >= 0.6 is 0 Å². The Bertz CT molecular complexity index is 2280. The fourth-order valence-corrected chi connectivity index (χ4v) is 13.2. The van der Waals surface area contributed by atoms with E-state index in [9.17, 15) is 90.7 Å². The van der Waals surface area contributed by atoms with Gasteiger partial charge in [-0.25, -0.2) is 9.59 Å². The number of carbonyl (C=O) groups excluding carboxylic acids is 3. The van der Waals surface area contributed by atoms with Crippen molar-refractivity contribution in [3.05, 3.63) is 24.3 Å². The van der Waals surface area contributed by atoms with Gasteiger partial charge in [-0.1, -0.05) is 12.2 Å². The van der Waals surface area contributed by atoms with Gasteiger partial charge in [-0.2, -0.15) is 0 Å². The predicted octanol–water partition coefficient (Wildman–Crippen LogP) is -6.29. The van der Waals surface area contributed by atoms with E-state index in [2.05, 4.69) is 0 Å². The van der Waals surface area contributed by atoms with E-state index in [0.29, 0.717) is 38.5 Å². The largest absolute Gasteiger partial charge is 0.481 e. The molecule has 0 radical (unpaired) electrons. The number of ether oxygens (including phenoxy) is 12. The third-order valence-electron chi connectivity index (χ3n) is 18.2. The number of aliphatic carboxylic acids is 1. The molecule has 16 N–H and O–H groups in total. The molecule has 0 bridgehead atoms. The van der Waals surface area contributed by atoms with Gasteiger partial charge in [0.2, 0.25) is 0 Å². The lowest BCUT2D eigenvalue weighted by Crippen LogP contribution is -2.66. The van der Waals surface area contributed by atoms with E-state index in [1.54, 1.807) is 12.2 Å². The zero-order valence-electron chi connectivity index (χ0n) is 48.1. The Hall–Kier alpha value is -3.56. The number of carbonyl (C=O) groups is 4. The van der Waals surface area contributed by atoms with Gasteiger partial charge in [0.15, 0.2) is 31.1 Å². The Kier molecular flexibility index (Phi) is 24.8. The van der Waals surface area contributed by atoms with Crippen molar-refractivity contribution in [2.75, 3.05) is 34.0 Å². The normalized spacial score (nSPS) is 46.4. The molecule has 31 nitrogen and oxygen atoms in total. The van der Waals surface area contributed by atoms with E-state index >= 15 is 0 Å². The quantitative estimate of drug-likeness (QED) is 0.0167. The Morgan fingerprint density at radius 2 is 0.943 bits per heavy atom. The van der Waals surface area contributed by atoms with Gasteiger partial charge in [0.25, 0.3) is 0 Å². The second kappa shape index (κ2) is 31.2. The van der Waals surface area contributed by atoms with Crippen LogP contribution in [-0.4, -0.2) is 305 Å². The van der Waals surface area contributed by atoms with Crippen molar-refractivity contribution < 1.29 is 153 Å². The van der Waals surface area contributed by atoms with Gasteiger partial charge in [-0.15, -0.1) is 0 Å². The molecule has 4 heterocycles. The number of hydrogen-bond acceptors (Lipinski definition) is 29. The molecule has 31 heteroatoms. The van der Waals surface area contributed by atoms with Crippen LogP contribution in [0.2, 0.25) is 0 Å². The minimum Gasteiger partial charge on any atom is -0.481 e. The van der Waals surface area contributed by atoms with E-state index < -0.39 is 227 Å². The SMILES string of the molecule is COC1CC(C=CC(=O)OC[C@H]2O[C@@H](O[C@H]3[C@H](OC4CC5C(O[C@@H]6O[C@H](COC(=O)CC(=O)O)[C@@H](O)[C@H](O)[C@H]6O)CC(O)CC5[OH+]C4C4CC(O)C(O)C(O)C4)O[C@H](COC(=O)C=CC4CCC(O)C(OC)C4)[C@@H](O)[C@@H]3O)[C@H](O)[C@@H](O)[C@@H]2O)CCC1O. The van der Waals surface area contributed by atoms with Crippen LogP contribution in [0.5, 0.6) is 0 Å². The second-order valence-corrected chi connectivity index (χ2v) is 24.2. The molecule has 0 amide bonds. The van der Waals surface area contributed by atoms with E-state index in [1.807, 2.05) is 0 Å². The minimum atomic E-state index is -2.11. The molecule has 29 atom stereocenters. The maximum atomic E-state index is 13.2. The molecule has 4 aliphatic heterocycles. The van der Waals surface area contributed by atoms with E-state index in [0.717, 1.165) is 12.2 Å². The molecule has 0 spiro atoms. The van der Waals surface area contributed by atoms with Crippen LogP contribution < -0.4 is 0 Å². The number of aliphatic hydroxyl groups excluding tert-OH is 14. The Morgan fingerprint density at radius 3 is 1.45 bits per heavy atom. The van der Waals surface area contributed by atoms with Crippen molar-refractivity contribution in [2.45, 2.75) is 242 Å². The summed E-state index contributed by atoms with van der Waals surface area (Å²) in [7, 11) is 2.92. The summed E-state index contributed by atoms with van der Waals surface area (Å²) in [6, 6.07) is 0. The van der Waals surface area contributed by atoms with E-state index in [1.165, 1.54) is 14.2 Å². The first-order valence-corrected chi connectivity index (χ1v) is 29.6. The summed E-state index contributed by atoms with van der Waals surface area (Å²) in [5, 5.41) is 164. The summed E-state index contributed by atoms with van der Waals surface area (Å²) in [5.74, 6) is -6.45. The average molecular weight is 1260 g/mol. The molecule has 0 aromatic rings. The minimum absolute atomic E-state index is 0.00191. The number of esters is 3. The van der Waals surface area contributed by atoms with Crippen LogP contribution in [-0.2, 0) is 71.3 Å². The van der Waals surface area contributed by atoms with Gasteiger partial charge in [0, 0.05) is 45.1 Å². The van der Waals surface area contributed by atoms with Crippen LogP contribution in [0.15, 0.2) is 24.3 Å². The van der Waals surface area contributed by atoms with Crippen molar-refractivity contribution in [2.24, 2.45) is 23.7 Å². The smallest absolute Gasteiger partial charge is 0.330 e. The zero-order valence-corrected chi connectivity index (χ0v) is 48.1.